The van der Waals surface area contributed by atoms with Crippen LogP contribution >= 0.6 is 39.1 Å². The molecular formula is C14H9BrCl2F2O. The van der Waals surface area contributed by atoms with Crippen molar-refractivity contribution in [3.05, 3.63) is 62.6 Å². The van der Waals surface area contributed by atoms with Crippen molar-refractivity contribution in [1.82, 2.24) is 0 Å². The SMILES string of the molecule is COc1cc(F)c(C(Cl)c2cc(Cl)ccc2Br)c(F)c1. The number of rotatable bonds is 3. The molecule has 0 aliphatic heterocycles. The molecule has 0 aliphatic rings. The molecule has 0 saturated heterocycles. The molecule has 2 aromatic rings. The molecule has 0 radical (unpaired) electrons. The van der Waals surface area contributed by atoms with Crippen LogP contribution in [0, 0.1) is 11.6 Å². The average Bonchev–Trinajstić information content (AvgIpc) is 2.40. The third-order valence-electron chi connectivity index (χ3n) is 2.77. The standard InChI is InChI=1S/C14H9BrCl2F2O/c1-20-8-5-11(18)13(12(19)6-8)14(17)9-4-7(16)2-3-10(9)15/h2-6,14H,1H3. The fourth-order valence-electron chi connectivity index (χ4n) is 1.79. The van der Waals surface area contributed by atoms with Crippen molar-refractivity contribution >= 4 is 39.1 Å². The molecule has 0 heterocycles. The van der Waals surface area contributed by atoms with Gasteiger partial charge in [-0.05, 0) is 23.8 Å². The zero-order valence-corrected chi connectivity index (χ0v) is 13.4. The maximum absolute atomic E-state index is 14.0. The number of ether oxygens (including phenoxy) is 1. The Morgan fingerprint density at radius 1 is 1.15 bits per heavy atom. The minimum atomic E-state index is -1.01. The quantitative estimate of drug-likeness (QED) is 0.618. The van der Waals surface area contributed by atoms with E-state index in [1.807, 2.05) is 0 Å². The van der Waals surface area contributed by atoms with Gasteiger partial charge in [-0.1, -0.05) is 27.5 Å². The second-order valence-corrected chi connectivity index (χ2v) is 5.76. The van der Waals surface area contributed by atoms with Crippen molar-refractivity contribution in [2.24, 2.45) is 0 Å². The molecule has 0 N–H and O–H groups in total. The predicted octanol–water partition coefficient (Wildman–Crippen LogP) is 5.72. The van der Waals surface area contributed by atoms with Crippen LogP contribution in [0.5, 0.6) is 5.75 Å². The Hall–Kier alpha value is -0.840. The van der Waals surface area contributed by atoms with E-state index >= 15 is 0 Å². The highest BCUT2D eigenvalue weighted by atomic mass is 79.9. The molecular weight excluding hydrogens is 373 g/mol. The molecule has 20 heavy (non-hydrogen) atoms. The molecule has 0 saturated carbocycles. The third-order valence-corrected chi connectivity index (χ3v) is 4.18. The van der Waals surface area contributed by atoms with Crippen molar-refractivity contribution in [3.8, 4) is 5.75 Å². The summed E-state index contributed by atoms with van der Waals surface area (Å²) >= 11 is 15.4. The van der Waals surface area contributed by atoms with Gasteiger partial charge in [0.15, 0.2) is 0 Å². The maximum Gasteiger partial charge on any atom is 0.134 e. The summed E-state index contributed by atoms with van der Waals surface area (Å²) in [4.78, 5) is 0. The summed E-state index contributed by atoms with van der Waals surface area (Å²) in [5.41, 5.74) is 0.248. The van der Waals surface area contributed by atoms with Gasteiger partial charge in [-0.2, -0.15) is 0 Å². The van der Waals surface area contributed by atoms with Crippen molar-refractivity contribution in [2.45, 2.75) is 5.38 Å². The first-order chi connectivity index (χ1) is 9.43. The van der Waals surface area contributed by atoms with E-state index in [0.29, 0.717) is 15.1 Å². The van der Waals surface area contributed by atoms with Crippen LogP contribution in [0.1, 0.15) is 16.5 Å². The molecule has 2 aromatic carbocycles. The predicted molar refractivity (Wildman–Crippen MR) is 79.8 cm³/mol. The van der Waals surface area contributed by atoms with Crippen LogP contribution in [-0.4, -0.2) is 7.11 Å². The average molecular weight is 382 g/mol. The van der Waals surface area contributed by atoms with Gasteiger partial charge in [-0.15, -0.1) is 11.6 Å². The van der Waals surface area contributed by atoms with Gasteiger partial charge >= 0.3 is 0 Å². The van der Waals surface area contributed by atoms with Gasteiger partial charge in [0.1, 0.15) is 17.4 Å². The summed E-state index contributed by atoms with van der Waals surface area (Å²) < 4.78 is 33.5. The van der Waals surface area contributed by atoms with E-state index < -0.39 is 17.0 Å². The van der Waals surface area contributed by atoms with E-state index in [4.69, 9.17) is 27.9 Å². The number of alkyl halides is 1. The van der Waals surface area contributed by atoms with Crippen molar-refractivity contribution in [3.63, 3.8) is 0 Å². The minimum Gasteiger partial charge on any atom is -0.497 e. The summed E-state index contributed by atoms with van der Waals surface area (Å²) in [6.45, 7) is 0. The highest BCUT2D eigenvalue weighted by Crippen LogP contribution is 2.38. The Balaban J connectivity index is 2.53. The van der Waals surface area contributed by atoms with Crippen LogP contribution in [0.15, 0.2) is 34.8 Å². The van der Waals surface area contributed by atoms with E-state index in [1.165, 1.54) is 7.11 Å². The zero-order valence-electron chi connectivity index (χ0n) is 10.3. The Bertz CT molecular complexity index is 626. The molecule has 1 nitrogen and oxygen atoms in total. The molecule has 0 spiro atoms. The van der Waals surface area contributed by atoms with Crippen LogP contribution in [0.3, 0.4) is 0 Å². The zero-order chi connectivity index (χ0) is 14.9. The largest absolute Gasteiger partial charge is 0.497 e. The molecule has 0 bridgehead atoms. The minimum absolute atomic E-state index is 0.0952. The van der Waals surface area contributed by atoms with Crippen LogP contribution in [-0.2, 0) is 0 Å². The lowest BCUT2D eigenvalue weighted by Gasteiger charge is -2.15. The highest BCUT2D eigenvalue weighted by molar-refractivity contribution is 9.10. The molecule has 1 unspecified atom stereocenters. The maximum atomic E-state index is 14.0. The Morgan fingerprint density at radius 2 is 1.75 bits per heavy atom. The van der Waals surface area contributed by atoms with Crippen molar-refractivity contribution in [2.75, 3.05) is 7.11 Å². The fourth-order valence-corrected chi connectivity index (χ4v) is 2.96. The highest BCUT2D eigenvalue weighted by Gasteiger charge is 2.23. The van der Waals surface area contributed by atoms with E-state index in [-0.39, 0.29) is 11.3 Å². The molecule has 0 aromatic heterocycles. The Kier molecular flexibility index (Phi) is 4.89. The lowest BCUT2D eigenvalue weighted by atomic mass is 10.0. The third kappa shape index (κ3) is 3.08. The Morgan fingerprint density at radius 3 is 2.30 bits per heavy atom. The smallest absolute Gasteiger partial charge is 0.134 e. The molecule has 0 fully saturated rings. The van der Waals surface area contributed by atoms with Crippen LogP contribution in [0.4, 0.5) is 8.78 Å². The number of hydrogen-bond donors (Lipinski definition) is 0. The summed E-state index contributed by atoms with van der Waals surface area (Å²) in [5.74, 6) is -1.44. The van der Waals surface area contributed by atoms with E-state index in [0.717, 1.165) is 12.1 Å². The lowest BCUT2D eigenvalue weighted by molar-refractivity contribution is 0.405. The van der Waals surface area contributed by atoms with Crippen molar-refractivity contribution < 1.29 is 13.5 Å². The Labute approximate surface area is 133 Å². The van der Waals surface area contributed by atoms with E-state index in [1.54, 1.807) is 18.2 Å². The van der Waals surface area contributed by atoms with Gasteiger partial charge in [0.2, 0.25) is 0 Å². The number of hydrogen-bond acceptors (Lipinski definition) is 1. The van der Waals surface area contributed by atoms with Crippen LogP contribution < -0.4 is 4.74 Å². The van der Waals surface area contributed by atoms with E-state index in [9.17, 15) is 8.78 Å². The van der Waals surface area contributed by atoms with Crippen molar-refractivity contribution in [1.29, 1.82) is 0 Å². The molecule has 6 heteroatoms. The number of methoxy groups -OCH3 is 1. The first-order valence-electron chi connectivity index (χ1n) is 5.56. The second-order valence-electron chi connectivity index (χ2n) is 4.03. The molecule has 0 aliphatic carbocycles. The van der Waals surface area contributed by atoms with Gasteiger partial charge < -0.3 is 4.74 Å². The topological polar surface area (TPSA) is 9.23 Å². The molecule has 2 rings (SSSR count). The van der Waals surface area contributed by atoms with Crippen LogP contribution in [0.2, 0.25) is 5.02 Å². The normalized spacial score (nSPS) is 12.3. The van der Waals surface area contributed by atoms with Gasteiger partial charge in [-0.25, -0.2) is 8.78 Å². The van der Waals surface area contributed by atoms with Gasteiger partial charge in [0.05, 0.1) is 12.5 Å². The van der Waals surface area contributed by atoms with E-state index in [2.05, 4.69) is 15.9 Å². The van der Waals surface area contributed by atoms with Crippen LogP contribution in [0.25, 0.3) is 0 Å². The second kappa shape index (κ2) is 6.29. The monoisotopic (exact) mass is 380 g/mol. The molecule has 106 valence electrons. The molecule has 1 atom stereocenters. The summed E-state index contributed by atoms with van der Waals surface area (Å²) in [6, 6.07) is 7.07. The fraction of sp³-hybridized carbons (Fsp3) is 0.143. The summed E-state index contributed by atoms with van der Waals surface area (Å²) in [7, 11) is 1.33. The summed E-state index contributed by atoms with van der Waals surface area (Å²) in [6.07, 6.45) is 0. The lowest BCUT2D eigenvalue weighted by Crippen LogP contribution is -2.03. The van der Waals surface area contributed by atoms with Gasteiger partial charge in [0, 0.05) is 27.2 Å². The number of halogens is 5. The first kappa shape index (κ1) is 15.5. The van der Waals surface area contributed by atoms with Gasteiger partial charge in [-0.3, -0.25) is 0 Å². The van der Waals surface area contributed by atoms with Gasteiger partial charge in [0.25, 0.3) is 0 Å². The summed E-state index contributed by atoms with van der Waals surface area (Å²) in [5, 5.41) is -0.572. The number of benzene rings is 2. The molecule has 0 amide bonds. The first-order valence-corrected chi connectivity index (χ1v) is 7.16.